The Hall–Kier alpha value is -2.06. The summed E-state index contributed by atoms with van der Waals surface area (Å²) in [6.07, 6.45) is -1.09. The summed E-state index contributed by atoms with van der Waals surface area (Å²) in [7, 11) is 0. The lowest BCUT2D eigenvalue weighted by molar-refractivity contribution is -0.123. The van der Waals surface area contributed by atoms with Crippen LogP contribution in [0.25, 0.3) is 0 Å². The molecule has 0 aliphatic carbocycles. The highest BCUT2D eigenvalue weighted by atomic mass is 32.2. The lowest BCUT2D eigenvalue weighted by Gasteiger charge is -2.14. The van der Waals surface area contributed by atoms with Crippen LogP contribution in [0.1, 0.15) is 27.4 Å². The Morgan fingerprint density at radius 1 is 1.07 bits per heavy atom. The van der Waals surface area contributed by atoms with Crippen LogP contribution in [0.15, 0.2) is 42.5 Å². The first kappa shape index (κ1) is 19.7. The van der Waals surface area contributed by atoms with E-state index in [-0.39, 0.29) is 5.69 Å². The van der Waals surface area contributed by atoms with Gasteiger partial charge in [0, 0.05) is 23.3 Å². The highest BCUT2D eigenvalue weighted by Crippen LogP contribution is 2.45. The van der Waals surface area contributed by atoms with E-state index in [4.69, 9.17) is 4.74 Å². The summed E-state index contributed by atoms with van der Waals surface area (Å²) in [6, 6.07) is 10.1. The van der Waals surface area contributed by atoms with Gasteiger partial charge in [-0.25, -0.2) is 13.6 Å². The molecule has 1 heterocycles. The fourth-order valence-electron chi connectivity index (χ4n) is 2.43. The molecule has 142 valence electrons. The van der Waals surface area contributed by atoms with Crippen molar-refractivity contribution in [1.29, 1.82) is 0 Å². The van der Waals surface area contributed by atoms with Gasteiger partial charge >= 0.3 is 5.97 Å². The summed E-state index contributed by atoms with van der Waals surface area (Å²) in [5.41, 5.74) is 1.57. The molecule has 2 aromatic carbocycles. The second-order valence-corrected chi connectivity index (χ2v) is 8.59. The van der Waals surface area contributed by atoms with Gasteiger partial charge in [-0.1, -0.05) is 12.1 Å². The molecule has 1 aliphatic heterocycles. The predicted molar refractivity (Wildman–Crippen MR) is 104 cm³/mol. The molecule has 0 radical (unpaired) electrons. The molecule has 1 aliphatic rings. The van der Waals surface area contributed by atoms with Crippen molar-refractivity contribution in [3.63, 3.8) is 0 Å². The van der Waals surface area contributed by atoms with E-state index in [0.717, 1.165) is 29.2 Å². The molecule has 0 unspecified atom stereocenters. The molecular formula is C19H17F2NO3S2. The van der Waals surface area contributed by atoms with E-state index in [9.17, 15) is 18.4 Å². The standard InChI is InChI=1S/C19H17F2NO3S2/c1-11(17(23)22-14-6-7-15(20)16(21)10-14)25-18(24)12-2-4-13(5-3-12)19-26-8-9-27-19/h2-7,10-11,19H,8-9H2,1H3,(H,22,23)/t11-/m0/s1. The molecule has 2 aromatic rings. The number of nitrogens with one attached hydrogen (secondary N) is 1. The first-order chi connectivity index (χ1) is 12.9. The van der Waals surface area contributed by atoms with Gasteiger partial charge in [-0.3, -0.25) is 4.79 Å². The fourth-order valence-corrected chi connectivity index (χ4v) is 5.29. The maximum Gasteiger partial charge on any atom is 0.338 e. The first-order valence-electron chi connectivity index (χ1n) is 8.24. The number of carbonyl (C=O) groups is 2. The molecular weight excluding hydrogens is 392 g/mol. The lowest BCUT2D eigenvalue weighted by Crippen LogP contribution is -2.30. The molecule has 27 heavy (non-hydrogen) atoms. The van der Waals surface area contributed by atoms with Gasteiger partial charge in [0.1, 0.15) is 0 Å². The van der Waals surface area contributed by atoms with Crippen molar-refractivity contribution in [1.82, 2.24) is 0 Å². The van der Waals surface area contributed by atoms with E-state index in [1.165, 1.54) is 13.0 Å². The van der Waals surface area contributed by atoms with Gasteiger partial charge in [-0.15, -0.1) is 23.5 Å². The van der Waals surface area contributed by atoms with Crippen molar-refractivity contribution in [3.8, 4) is 0 Å². The zero-order valence-corrected chi connectivity index (χ0v) is 16.0. The maximum absolute atomic E-state index is 13.2. The smallest absolute Gasteiger partial charge is 0.338 e. The minimum Gasteiger partial charge on any atom is -0.449 e. The number of amides is 1. The quantitative estimate of drug-likeness (QED) is 0.730. The van der Waals surface area contributed by atoms with Crippen LogP contribution in [0.2, 0.25) is 0 Å². The second-order valence-electron chi connectivity index (χ2n) is 5.86. The summed E-state index contributed by atoms with van der Waals surface area (Å²) in [6.45, 7) is 1.41. The lowest BCUT2D eigenvalue weighted by atomic mass is 10.1. The number of rotatable bonds is 5. The maximum atomic E-state index is 13.2. The number of hydrogen-bond acceptors (Lipinski definition) is 5. The summed E-state index contributed by atoms with van der Waals surface area (Å²) in [4.78, 5) is 24.3. The van der Waals surface area contributed by atoms with Crippen molar-refractivity contribution in [2.24, 2.45) is 0 Å². The van der Waals surface area contributed by atoms with Gasteiger partial charge in [-0.2, -0.15) is 0 Å². The molecule has 1 N–H and O–H groups in total. The highest BCUT2D eigenvalue weighted by Gasteiger charge is 2.21. The van der Waals surface area contributed by atoms with Crippen molar-refractivity contribution in [3.05, 3.63) is 65.2 Å². The van der Waals surface area contributed by atoms with Crippen LogP contribution in [0.4, 0.5) is 14.5 Å². The van der Waals surface area contributed by atoms with Crippen LogP contribution < -0.4 is 5.32 Å². The molecule has 4 nitrogen and oxygen atoms in total. The molecule has 1 saturated heterocycles. The SMILES string of the molecule is C[C@H](OC(=O)c1ccc(C2SCCS2)cc1)C(=O)Nc1ccc(F)c(F)c1. The minimum absolute atomic E-state index is 0.0812. The number of halogens is 2. The van der Waals surface area contributed by atoms with E-state index < -0.39 is 29.6 Å². The van der Waals surface area contributed by atoms with Gasteiger partial charge in [0.2, 0.25) is 0 Å². The molecule has 0 aromatic heterocycles. The number of esters is 1. The van der Waals surface area contributed by atoms with E-state index in [1.54, 1.807) is 12.1 Å². The Labute approximate surface area is 164 Å². The van der Waals surface area contributed by atoms with Crippen LogP contribution in [0.5, 0.6) is 0 Å². The second kappa shape index (κ2) is 8.75. The minimum atomic E-state index is -1.09. The Kier molecular flexibility index (Phi) is 6.38. The average Bonchev–Trinajstić information content (AvgIpc) is 3.19. The summed E-state index contributed by atoms with van der Waals surface area (Å²) < 4.78 is 31.7. The summed E-state index contributed by atoms with van der Waals surface area (Å²) in [5, 5.41) is 2.38. The fraction of sp³-hybridized carbons (Fsp3) is 0.263. The topological polar surface area (TPSA) is 55.4 Å². The van der Waals surface area contributed by atoms with Crippen molar-refractivity contribution < 1.29 is 23.1 Å². The van der Waals surface area contributed by atoms with Crippen LogP contribution >= 0.6 is 23.5 Å². The highest BCUT2D eigenvalue weighted by molar-refractivity contribution is 8.19. The monoisotopic (exact) mass is 409 g/mol. The average molecular weight is 409 g/mol. The molecule has 1 atom stereocenters. The first-order valence-corrected chi connectivity index (χ1v) is 10.3. The van der Waals surface area contributed by atoms with E-state index in [0.29, 0.717) is 10.1 Å². The van der Waals surface area contributed by atoms with Crippen LogP contribution in [-0.4, -0.2) is 29.5 Å². The third-order valence-corrected chi connectivity index (χ3v) is 6.98. The molecule has 0 spiro atoms. The number of anilines is 1. The van der Waals surface area contributed by atoms with Crippen LogP contribution in [-0.2, 0) is 9.53 Å². The van der Waals surface area contributed by atoms with Gasteiger partial charge in [-0.05, 0) is 36.8 Å². The van der Waals surface area contributed by atoms with E-state index in [2.05, 4.69) is 5.32 Å². The van der Waals surface area contributed by atoms with Gasteiger partial charge in [0.15, 0.2) is 17.7 Å². The molecule has 0 saturated carbocycles. The Bertz CT molecular complexity index is 839. The molecule has 1 fully saturated rings. The third kappa shape index (κ3) is 5.01. The number of ether oxygens (including phenoxy) is 1. The van der Waals surface area contributed by atoms with E-state index in [1.807, 2.05) is 35.7 Å². The number of benzene rings is 2. The third-order valence-electron chi connectivity index (χ3n) is 3.88. The Morgan fingerprint density at radius 2 is 1.74 bits per heavy atom. The molecule has 3 rings (SSSR count). The van der Waals surface area contributed by atoms with Gasteiger partial charge in [0.05, 0.1) is 10.1 Å². The Morgan fingerprint density at radius 3 is 2.37 bits per heavy atom. The zero-order chi connectivity index (χ0) is 19.4. The summed E-state index contributed by atoms with van der Waals surface area (Å²) in [5.74, 6) is -1.11. The molecule has 8 heteroatoms. The van der Waals surface area contributed by atoms with Gasteiger partial charge in [0.25, 0.3) is 5.91 Å². The van der Waals surface area contributed by atoms with Crippen molar-refractivity contribution in [2.75, 3.05) is 16.8 Å². The predicted octanol–water partition coefficient (Wildman–Crippen LogP) is 4.63. The van der Waals surface area contributed by atoms with Crippen LogP contribution in [0, 0.1) is 11.6 Å². The number of thioether (sulfide) groups is 2. The largest absolute Gasteiger partial charge is 0.449 e. The normalized spacial score (nSPS) is 15.4. The van der Waals surface area contributed by atoms with Crippen molar-refractivity contribution >= 4 is 41.1 Å². The molecule has 0 bridgehead atoms. The summed E-state index contributed by atoms with van der Waals surface area (Å²) >= 11 is 3.74. The number of hydrogen-bond donors (Lipinski definition) is 1. The number of carbonyl (C=O) groups excluding carboxylic acids is 2. The Balaban J connectivity index is 1.57. The molecule has 1 amide bonds. The van der Waals surface area contributed by atoms with E-state index >= 15 is 0 Å². The van der Waals surface area contributed by atoms with Gasteiger partial charge < -0.3 is 10.1 Å². The van der Waals surface area contributed by atoms with Crippen LogP contribution in [0.3, 0.4) is 0 Å². The zero-order valence-electron chi connectivity index (χ0n) is 14.4. The van der Waals surface area contributed by atoms with Crippen molar-refractivity contribution in [2.45, 2.75) is 17.6 Å².